The van der Waals surface area contributed by atoms with E-state index in [4.69, 9.17) is 5.21 Å². The average molecular weight is 608 g/mol. The average Bonchev–Trinajstić information content (AvgIpc) is 3.53. The highest BCUT2D eigenvalue weighted by Crippen LogP contribution is 2.38. The zero-order valence-electron chi connectivity index (χ0n) is 23.0. The van der Waals surface area contributed by atoms with Crippen LogP contribution in [0.2, 0.25) is 0 Å². The SMILES string of the molecule is O=C(Nc1nn[nH]n1)c1ccc(CN(C(=O)Nc2ccc(N([O-])O)c(C(F)(F)F)c2)c2ccc(C3=CCCCC3)cc2)cc1. The second-order valence-corrected chi connectivity index (χ2v) is 9.93. The summed E-state index contributed by atoms with van der Waals surface area (Å²) >= 11 is 0. The molecule has 0 bridgehead atoms. The van der Waals surface area contributed by atoms with E-state index >= 15 is 0 Å². The summed E-state index contributed by atoms with van der Waals surface area (Å²) in [5, 5.41) is 37.4. The number of carbonyl (C=O) groups is 2. The van der Waals surface area contributed by atoms with Crippen LogP contribution in [0.3, 0.4) is 0 Å². The number of aromatic amines is 1. The third kappa shape index (κ3) is 7.19. The van der Waals surface area contributed by atoms with Crippen LogP contribution in [0.4, 0.5) is 41.0 Å². The van der Waals surface area contributed by atoms with E-state index in [0.717, 1.165) is 43.4 Å². The Hall–Kier alpha value is -5.28. The summed E-state index contributed by atoms with van der Waals surface area (Å²) in [6.45, 7) is -0.00416. The van der Waals surface area contributed by atoms with Gasteiger partial charge in [-0.25, -0.2) is 4.79 Å². The number of anilines is 4. The third-order valence-electron chi connectivity index (χ3n) is 6.97. The predicted octanol–water partition coefficient (Wildman–Crippen LogP) is 6.36. The van der Waals surface area contributed by atoms with Crippen molar-refractivity contribution in [2.24, 2.45) is 0 Å². The van der Waals surface area contributed by atoms with Gasteiger partial charge in [-0.1, -0.05) is 35.4 Å². The van der Waals surface area contributed by atoms with E-state index in [-0.39, 0.29) is 23.7 Å². The number of hydrogen-bond donors (Lipinski definition) is 4. The van der Waals surface area contributed by atoms with Gasteiger partial charge in [0.1, 0.15) is 0 Å². The lowest BCUT2D eigenvalue weighted by atomic mass is 9.93. The quantitative estimate of drug-likeness (QED) is 0.168. The molecule has 0 saturated heterocycles. The Bertz CT molecular complexity index is 1640. The molecule has 44 heavy (non-hydrogen) atoms. The molecule has 228 valence electrons. The Morgan fingerprint density at radius 3 is 2.36 bits per heavy atom. The molecule has 0 aliphatic heterocycles. The first-order valence-electron chi connectivity index (χ1n) is 13.5. The molecule has 15 heteroatoms. The molecule has 0 fully saturated rings. The molecule has 1 aromatic heterocycles. The van der Waals surface area contributed by atoms with Crippen LogP contribution in [-0.2, 0) is 12.7 Å². The van der Waals surface area contributed by atoms with Gasteiger partial charge in [-0.3, -0.25) is 20.2 Å². The molecule has 0 unspecified atom stereocenters. The van der Waals surface area contributed by atoms with Crippen molar-refractivity contribution in [3.63, 3.8) is 0 Å². The van der Waals surface area contributed by atoms with Crippen LogP contribution < -0.4 is 20.8 Å². The molecule has 1 aliphatic rings. The minimum atomic E-state index is -4.97. The van der Waals surface area contributed by atoms with E-state index in [1.165, 1.54) is 22.6 Å². The second-order valence-electron chi connectivity index (χ2n) is 9.93. The molecule has 5 rings (SSSR count). The van der Waals surface area contributed by atoms with Crippen LogP contribution in [0.15, 0.2) is 72.8 Å². The third-order valence-corrected chi connectivity index (χ3v) is 6.97. The topological polar surface area (TPSA) is 162 Å². The zero-order valence-corrected chi connectivity index (χ0v) is 23.0. The Balaban J connectivity index is 1.40. The van der Waals surface area contributed by atoms with E-state index in [1.54, 1.807) is 24.3 Å². The summed E-state index contributed by atoms with van der Waals surface area (Å²) in [5.74, 6) is -0.485. The van der Waals surface area contributed by atoms with Crippen molar-refractivity contribution in [3.05, 3.63) is 100 Å². The van der Waals surface area contributed by atoms with Crippen LogP contribution in [0.1, 0.15) is 52.7 Å². The molecule has 1 aliphatic carbocycles. The number of tetrazole rings is 1. The highest BCUT2D eigenvalue weighted by Gasteiger charge is 2.34. The summed E-state index contributed by atoms with van der Waals surface area (Å²) < 4.78 is 40.7. The first-order chi connectivity index (χ1) is 21.1. The Morgan fingerprint density at radius 2 is 1.75 bits per heavy atom. The Morgan fingerprint density at radius 1 is 1.00 bits per heavy atom. The lowest BCUT2D eigenvalue weighted by molar-refractivity contribution is -0.137. The number of aromatic nitrogens is 4. The molecule has 0 saturated carbocycles. The van der Waals surface area contributed by atoms with Gasteiger partial charge >= 0.3 is 12.2 Å². The fraction of sp³-hybridized carbons (Fsp3) is 0.207. The van der Waals surface area contributed by atoms with Crippen molar-refractivity contribution >= 4 is 40.5 Å². The van der Waals surface area contributed by atoms with Crippen LogP contribution in [0, 0.1) is 5.21 Å². The van der Waals surface area contributed by atoms with Gasteiger partial charge in [0.25, 0.3) is 11.9 Å². The minimum absolute atomic E-state index is 0.00183. The van der Waals surface area contributed by atoms with Gasteiger partial charge < -0.3 is 15.8 Å². The molecule has 0 radical (unpaired) electrons. The maximum absolute atomic E-state index is 13.6. The number of alkyl halides is 3. The van der Waals surface area contributed by atoms with Crippen LogP contribution in [0.25, 0.3) is 5.57 Å². The Labute approximate surface area is 248 Å². The van der Waals surface area contributed by atoms with E-state index < -0.39 is 34.6 Å². The number of rotatable bonds is 8. The summed E-state index contributed by atoms with van der Waals surface area (Å²) in [6.07, 6.45) is 1.38. The smallest absolute Gasteiger partial charge is 0.418 e. The molecule has 4 aromatic rings. The van der Waals surface area contributed by atoms with E-state index in [2.05, 4.69) is 37.3 Å². The number of nitrogens with zero attached hydrogens (tertiary/aromatic N) is 5. The number of nitrogens with one attached hydrogen (secondary N) is 3. The fourth-order valence-electron chi connectivity index (χ4n) is 4.77. The molecule has 0 spiro atoms. The number of carbonyl (C=O) groups excluding carboxylic acids is 2. The molecular formula is C29H26F3N8O4-. The highest BCUT2D eigenvalue weighted by molar-refractivity contribution is 6.03. The molecule has 1 heterocycles. The van der Waals surface area contributed by atoms with Gasteiger partial charge in [0.2, 0.25) is 0 Å². The van der Waals surface area contributed by atoms with Crippen LogP contribution >= 0.6 is 0 Å². The van der Waals surface area contributed by atoms with E-state index in [1.807, 2.05) is 12.1 Å². The number of benzene rings is 3. The van der Waals surface area contributed by atoms with Crippen molar-refractivity contribution in [2.45, 2.75) is 38.4 Å². The zero-order chi connectivity index (χ0) is 31.3. The van der Waals surface area contributed by atoms with Crippen molar-refractivity contribution in [1.29, 1.82) is 0 Å². The van der Waals surface area contributed by atoms with Crippen molar-refractivity contribution in [2.75, 3.05) is 20.8 Å². The van der Waals surface area contributed by atoms with Crippen molar-refractivity contribution in [3.8, 4) is 0 Å². The highest BCUT2D eigenvalue weighted by atomic mass is 19.4. The van der Waals surface area contributed by atoms with Crippen LogP contribution in [-0.4, -0.2) is 37.8 Å². The monoisotopic (exact) mass is 607 g/mol. The lowest BCUT2D eigenvalue weighted by Gasteiger charge is -2.27. The fourth-order valence-corrected chi connectivity index (χ4v) is 4.77. The number of hydrogen-bond acceptors (Lipinski definition) is 8. The van der Waals surface area contributed by atoms with Crippen molar-refractivity contribution in [1.82, 2.24) is 20.6 Å². The normalized spacial score (nSPS) is 13.2. The number of allylic oxidation sites excluding steroid dienone is 2. The first kappa shape index (κ1) is 30.2. The number of urea groups is 1. The van der Waals surface area contributed by atoms with Gasteiger partial charge in [-0.05, 0) is 90.1 Å². The summed E-state index contributed by atoms with van der Waals surface area (Å²) in [6, 6.07) is 15.3. The summed E-state index contributed by atoms with van der Waals surface area (Å²) in [4.78, 5) is 27.4. The largest absolute Gasteiger partial charge is 0.733 e. The standard InChI is InChI=1S/C29H26F3N8O4/c30-29(31,32)24-16-22(12-15-25(24)40(43)44)33-28(42)39(23-13-10-20(11-14-23)19-4-2-1-3-5-19)17-18-6-8-21(9-7-18)26(41)34-27-35-37-38-36-27/h4,6-16,43H,1-3,5,17H2,(H,33,42)(H2,34,35,36,37,38,41)/q-1. The second kappa shape index (κ2) is 12.9. The first-order valence-corrected chi connectivity index (χ1v) is 13.5. The summed E-state index contributed by atoms with van der Waals surface area (Å²) in [5.41, 5.74) is 0.930. The van der Waals surface area contributed by atoms with Gasteiger partial charge in [0.15, 0.2) is 0 Å². The van der Waals surface area contributed by atoms with Gasteiger partial charge in [-0.15, -0.1) is 5.10 Å². The Kier molecular flexibility index (Phi) is 8.87. The van der Waals surface area contributed by atoms with Gasteiger partial charge in [-0.2, -0.15) is 18.4 Å². The maximum Gasteiger partial charge on any atom is 0.418 e. The number of halogens is 3. The molecule has 3 amide bonds. The lowest BCUT2D eigenvalue weighted by Crippen LogP contribution is -2.34. The minimum Gasteiger partial charge on any atom is -0.733 e. The summed E-state index contributed by atoms with van der Waals surface area (Å²) in [7, 11) is 0. The molecular weight excluding hydrogens is 581 g/mol. The van der Waals surface area contributed by atoms with E-state index in [9.17, 15) is 28.0 Å². The van der Waals surface area contributed by atoms with Gasteiger partial charge in [0.05, 0.1) is 17.8 Å². The number of amides is 3. The van der Waals surface area contributed by atoms with Crippen LogP contribution in [0.5, 0.6) is 0 Å². The molecule has 0 atom stereocenters. The predicted molar refractivity (Wildman–Crippen MR) is 156 cm³/mol. The number of H-pyrrole nitrogens is 1. The molecule has 3 aromatic carbocycles. The molecule has 4 N–H and O–H groups in total. The van der Waals surface area contributed by atoms with E-state index in [0.29, 0.717) is 17.3 Å². The maximum atomic E-state index is 13.6. The van der Waals surface area contributed by atoms with Crippen molar-refractivity contribution < 1.29 is 28.0 Å². The van der Waals surface area contributed by atoms with Gasteiger partial charge in [0, 0.05) is 16.9 Å². The molecule has 12 nitrogen and oxygen atoms in total.